The van der Waals surface area contributed by atoms with Crippen LogP contribution in [0.25, 0.3) is 32.9 Å². The molecular weight excluding hydrogens is 593 g/mol. The lowest BCUT2D eigenvalue weighted by Gasteiger charge is -2.42. The van der Waals surface area contributed by atoms with Gasteiger partial charge in [0.2, 0.25) is 0 Å². The van der Waals surface area contributed by atoms with Gasteiger partial charge in [0.25, 0.3) is 0 Å². The molecule has 2 unspecified atom stereocenters. The number of piperazine rings is 1. The number of hydrogen-bond donors (Lipinski definition) is 1. The van der Waals surface area contributed by atoms with Crippen LogP contribution in [-0.2, 0) is 15.9 Å². The second kappa shape index (κ2) is 12.8. The number of fused-ring (bicyclic) bond motifs is 4. The molecule has 46 heavy (non-hydrogen) atoms. The topological polar surface area (TPSA) is 119 Å². The predicted molar refractivity (Wildman–Crippen MR) is 172 cm³/mol. The third-order valence-corrected chi connectivity index (χ3v) is 8.37. The van der Waals surface area contributed by atoms with Gasteiger partial charge in [0.1, 0.15) is 35.0 Å². The number of amides is 1. The standard InChI is InChI=1S/C34H40FN5O6/c1-6-20-8-7-9-21-14-24(45-19-43-5)15-25(27(20)21)29-28(35)30-26(16-36-29)31(38-32(37-30)44-13-12-41)39-17-22-10-11-23(18-39)40(22)33(42)46-34(2,3)4/h7-9,14-16,22-23,41H,6,10-13,17-19H2,1-5H3. The van der Waals surface area contributed by atoms with Crippen molar-refractivity contribution < 1.29 is 33.2 Å². The second-order valence-corrected chi connectivity index (χ2v) is 12.7. The van der Waals surface area contributed by atoms with Gasteiger partial charge < -0.3 is 29.0 Å². The lowest BCUT2D eigenvalue weighted by molar-refractivity contribution is 0.0122. The molecule has 2 fully saturated rings. The molecule has 244 valence electrons. The molecule has 4 heterocycles. The van der Waals surface area contributed by atoms with Crippen LogP contribution in [0.15, 0.2) is 36.5 Å². The summed E-state index contributed by atoms with van der Waals surface area (Å²) >= 11 is 0. The maximum atomic E-state index is 16.8. The number of aliphatic hydroxyl groups excluding tert-OH is 1. The average molecular weight is 634 g/mol. The number of nitrogens with zero attached hydrogens (tertiary/aromatic N) is 5. The third-order valence-electron chi connectivity index (χ3n) is 8.37. The number of methoxy groups -OCH3 is 1. The number of anilines is 1. The van der Waals surface area contributed by atoms with E-state index in [1.54, 1.807) is 12.3 Å². The number of carbonyl (C=O) groups excluding carboxylic acids is 1. The van der Waals surface area contributed by atoms with Crippen LogP contribution in [0.5, 0.6) is 11.8 Å². The Morgan fingerprint density at radius 2 is 1.87 bits per heavy atom. The van der Waals surface area contributed by atoms with Gasteiger partial charge in [0, 0.05) is 32.0 Å². The van der Waals surface area contributed by atoms with Crippen LogP contribution in [0, 0.1) is 5.82 Å². The van der Waals surface area contributed by atoms with Gasteiger partial charge in [-0.3, -0.25) is 9.88 Å². The Bertz CT molecular complexity index is 1750. The number of aryl methyl sites for hydroxylation is 1. The summed E-state index contributed by atoms with van der Waals surface area (Å²) in [5.74, 6) is 0.363. The van der Waals surface area contributed by atoms with Crippen molar-refractivity contribution in [2.75, 3.05) is 45.1 Å². The van der Waals surface area contributed by atoms with Crippen LogP contribution in [0.4, 0.5) is 15.0 Å². The molecule has 0 radical (unpaired) electrons. The summed E-state index contributed by atoms with van der Waals surface area (Å²) in [6.45, 7) is 8.32. The predicted octanol–water partition coefficient (Wildman–Crippen LogP) is 5.49. The summed E-state index contributed by atoms with van der Waals surface area (Å²) in [6.07, 6.45) is 3.65. The molecule has 4 aromatic rings. The van der Waals surface area contributed by atoms with Gasteiger partial charge in [0.15, 0.2) is 12.6 Å². The average Bonchev–Trinajstić information content (AvgIpc) is 3.30. The Hall–Kier alpha value is -4.29. The van der Waals surface area contributed by atoms with Crippen molar-refractivity contribution in [3.63, 3.8) is 0 Å². The summed E-state index contributed by atoms with van der Waals surface area (Å²) in [4.78, 5) is 30.8. The highest BCUT2D eigenvalue weighted by Crippen LogP contribution is 2.40. The van der Waals surface area contributed by atoms with Crippen LogP contribution in [0.2, 0.25) is 0 Å². The molecule has 2 bridgehead atoms. The molecule has 11 nitrogen and oxygen atoms in total. The van der Waals surface area contributed by atoms with Gasteiger partial charge >= 0.3 is 12.1 Å². The summed E-state index contributed by atoms with van der Waals surface area (Å²) in [7, 11) is 1.54. The van der Waals surface area contributed by atoms with Crippen LogP contribution < -0.4 is 14.4 Å². The highest BCUT2D eigenvalue weighted by atomic mass is 19.1. The number of halogens is 1. The number of hydrogen-bond acceptors (Lipinski definition) is 10. The summed E-state index contributed by atoms with van der Waals surface area (Å²) in [5, 5.41) is 11.6. The first-order valence-electron chi connectivity index (χ1n) is 15.7. The van der Waals surface area contributed by atoms with Crippen LogP contribution >= 0.6 is 0 Å². The first-order valence-corrected chi connectivity index (χ1v) is 15.7. The normalized spacial score (nSPS) is 18.0. The zero-order valence-electron chi connectivity index (χ0n) is 26.9. The van der Waals surface area contributed by atoms with E-state index in [9.17, 15) is 9.90 Å². The molecule has 2 aromatic heterocycles. The number of aliphatic hydroxyl groups is 1. The molecule has 0 saturated carbocycles. The van der Waals surface area contributed by atoms with Crippen LogP contribution in [0.1, 0.15) is 46.1 Å². The van der Waals surface area contributed by atoms with Crippen molar-refractivity contribution in [2.24, 2.45) is 0 Å². The van der Waals surface area contributed by atoms with Gasteiger partial charge in [-0.15, -0.1) is 0 Å². The van der Waals surface area contributed by atoms with Crippen molar-refractivity contribution in [1.82, 2.24) is 19.9 Å². The quantitative estimate of drug-likeness (QED) is 0.237. The van der Waals surface area contributed by atoms with Crippen LogP contribution in [-0.4, -0.2) is 88.9 Å². The first kappa shape index (κ1) is 31.7. The van der Waals surface area contributed by atoms with Gasteiger partial charge in [-0.2, -0.15) is 9.97 Å². The highest BCUT2D eigenvalue weighted by Gasteiger charge is 2.45. The van der Waals surface area contributed by atoms with E-state index in [0.29, 0.717) is 35.6 Å². The number of carbonyl (C=O) groups is 1. The largest absolute Gasteiger partial charge is 0.468 e. The molecular formula is C34H40FN5O6. The molecule has 1 N–H and O–H groups in total. The minimum Gasteiger partial charge on any atom is -0.468 e. The van der Waals surface area contributed by atoms with E-state index < -0.39 is 11.4 Å². The number of aromatic nitrogens is 3. The van der Waals surface area contributed by atoms with E-state index in [4.69, 9.17) is 18.9 Å². The maximum absolute atomic E-state index is 16.8. The van der Waals surface area contributed by atoms with Crippen molar-refractivity contribution in [2.45, 2.75) is 64.6 Å². The Kier molecular flexibility index (Phi) is 8.84. The van der Waals surface area contributed by atoms with E-state index in [1.165, 1.54) is 7.11 Å². The van der Waals surface area contributed by atoms with E-state index in [-0.39, 0.29) is 55.4 Å². The van der Waals surface area contributed by atoms with E-state index in [2.05, 4.69) is 21.9 Å². The molecule has 2 saturated heterocycles. The molecule has 0 aliphatic carbocycles. The SMILES string of the molecule is CCc1cccc2cc(OCOC)cc(-c3ncc4c(N5CC6CCC(C5)N6C(=O)OC(C)(C)C)nc(OCCO)nc4c3F)c12. The van der Waals surface area contributed by atoms with Crippen molar-refractivity contribution >= 4 is 33.6 Å². The number of rotatable bonds is 9. The molecule has 2 aliphatic heterocycles. The Balaban J connectivity index is 1.45. The lowest BCUT2D eigenvalue weighted by Crippen LogP contribution is -2.57. The van der Waals surface area contributed by atoms with Crippen molar-refractivity contribution in [3.05, 3.63) is 47.9 Å². The summed E-state index contributed by atoms with van der Waals surface area (Å²) < 4.78 is 39.1. The lowest BCUT2D eigenvalue weighted by atomic mass is 9.95. The molecule has 2 aromatic carbocycles. The Morgan fingerprint density at radius 1 is 1.11 bits per heavy atom. The van der Waals surface area contributed by atoms with Crippen molar-refractivity contribution in [3.8, 4) is 23.0 Å². The maximum Gasteiger partial charge on any atom is 0.410 e. The fraction of sp³-hybridized carbons (Fsp3) is 0.471. The van der Waals surface area contributed by atoms with Gasteiger partial charge in [-0.1, -0.05) is 25.1 Å². The van der Waals surface area contributed by atoms with Gasteiger partial charge in [-0.25, -0.2) is 9.18 Å². The molecule has 12 heteroatoms. The van der Waals surface area contributed by atoms with Gasteiger partial charge in [-0.05, 0) is 68.5 Å². The summed E-state index contributed by atoms with van der Waals surface area (Å²) in [5.41, 5.74) is 1.18. The Labute approximate surface area is 267 Å². The second-order valence-electron chi connectivity index (χ2n) is 12.7. The molecule has 1 amide bonds. The van der Waals surface area contributed by atoms with Gasteiger partial charge in [0.05, 0.1) is 24.1 Å². The molecule has 0 spiro atoms. The van der Waals surface area contributed by atoms with E-state index >= 15 is 4.39 Å². The fourth-order valence-electron chi connectivity index (χ4n) is 6.51. The molecule has 6 rings (SSSR count). The smallest absolute Gasteiger partial charge is 0.410 e. The minimum absolute atomic E-state index is 0.0391. The number of pyridine rings is 1. The highest BCUT2D eigenvalue weighted by molar-refractivity contribution is 6.01. The summed E-state index contributed by atoms with van der Waals surface area (Å²) in [6, 6.07) is 9.40. The van der Waals surface area contributed by atoms with Crippen molar-refractivity contribution in [1.29, 1.82) is 0 Å². The van der Waals surface area contributed by atoms with Crippen LogP contribution in [0.3, 0.4) is 0 Å². The third kappa shape index (κ3) is 6.11. The molecule has 2 aliphatic rings. The zero-order chi connectivity index (χ0) is 32.6. The number of ether oxygens (including phenoxy) is 4. The van der Waals surface area contributed by atoms with E-state index in [0.717, 1.165) is 35.6 Å². The Morgan fingerprint density at radius 3 is 2.54 bits per heavy atom. The zero-order valence-corrected chi connectivity index (χ0v) is 26.9. The van der Waals surface area contributed by atoms with E-state index in [1.807, 2.05) is 54.8 Å². The molecule has 2 atom stereocenters. The fourth-order valence-corrected chi connectivity index (χ4v) is 6.51. The monoisotopic (exact) mass is 633 g/mol. The first-order chi connectivity index (χ1) is 22.1. The minimum atomic E-state index is -0.624. The number of benzene rings is 2.